The zero-order chi connectivity index (χ0) is 19.9. The van der Waals surface area contributed by atoms with Gasteiger partial charge in [-0.05, 0) is 34.2 Å². The van der Waals surface area contributed by atoms with Crippen LogP contribution in [0.25, 0.3) is 5.69 Å². The number of likely N-dealkylation sites (N-methyl/N-ethyl adjacent to an activating group) is 1. The number of hydrogen-bond acceptors (Lipinski definition) is 6. The number of aromatic nitrogens is 4. The summed E-state index contributed by atoms with van der Waals surface area (Å²) < 4.78 is 6.83. The second-order valence-electron chi connectivity index (χ2n) is 6.33. The highest BCUT2D eigenvalue weighted by atomic mass is 16.5. The van der Waals surface area contributed by atoms with Crippen molar-refractivity contribution < 1.29 is 14.3 Å². The van der Waals surface area contributed by atoms with E-state index < -0.39 is 0 Å². The lowest BCUT2D eigenvalue weighted by atomic mass is 9.95. The third kappa shape index (κ3) is 4.22. The van der Waals surface area contributed by atoms with E-state index in [2.05, 4.69) is 15.5 Å². The first-order chi connectivity index (χ1) is 13.6. The number of carbonyl (C=O) groups excluding carboxylic acids is 2. The summed E-state index contributed by atoms with van der Waals surface area (Å²) in [4.78, 5) is 25.9. The van der Waals surface area contributed by atoms with E-state index in [1.165, 1.54) is 18.1 Å². The van der Waals surface area contributed by atoms with Gasteiger partial charge in [-0.1, -0.05) is 30.3 Å². The van der Waals surface area contributed by atoms with Crippen LogP contribution < -0.4 is 4.74 Å². The number of aldehydes is 1. The molecule has 1 atom stereocenters. The van der Waals surface area contributed by atoms with E-state index in [9.17, 15) is 9.59 Å². The van der Waals surface area contributed by atoms with Crippen molar-refractivity contribution in [1.82, 2.24) is 25.1 Å². The molecule has 1 amide bonds. The van der Waals surface area contributed by atoms with Gasteiger partial charge in [0.15, 0.2) is 0 Å². The Balaban J connectivity index is 1.85. The molecule has 8 heteroatoms. The van der Waals surface area contributed by atoms with E-state index in [1.807, 2.05) is 30.3 Å². The van der Waals surface area contributed by atoms with Gasteiger partial charge in [0, 0.05) is 25.9 Å². The van der Waals surface area contributed by atoms with Crippen LogP contribution in [0.1, 0.15) is 28.3 Å². The van der Waals surface area contributed by atoms with E-state index in [4.69, 9.17) is 4.74 Å². The van der Waals surface area contributed by atoms with Crippen LogP contribution in [0.3, 0.4) is 0 Å². The van der Waals surface area contributed by atoms with Crippen LogP contribution in [0.5, 0.6) is 5.75 Å². The van der Waals surface area contributed by atoms with Crippen LogP contribution in [0.15, 0.2) is 54.9 Å². The Bertz CT molecular complexity index is 928. The molecule has 1 aromatic heterocycles. The normalized spacial score (nSPS) is 11.6. The minimum Gasteiger partial charge on any atom is -0.496 e. The first-order valence-corrected chi connectivity index (χ1v) is 8.79. The molecule has 2 aromatic carbocycles. The van der Waals surface area contributed by atoms with E-state index in [0.29, 0.717) is 30.0 Å². The van der Waals surface area contributed by atoms with E-state index in [-0.39, 0.29) is 11.8 Å². The number of carbonyl (C=O) groups is 2. The summed E-state index contributed by atoms with van der Waals surface area (Å²) in [7, 11) is 3.23. The highest BCUT2D eigenvalue weighted by Gasteiger charge is 2.22. The zero-order valence-electron chi connectivity index (χ0n) is 15.7. The SMILES string of the molecule is COc1ccc(-n2cnnn2)cc1C(=O)N(C)C[C@@H](CC=O)c1ccccc1. The third-order valence-corrected chi connectivity index (χ3v) is 4.52. The van der Waals surface area contributed by atoms with Crippen LogP contribution in [-0.2, 0) is 4.79 Å². The molecule has 0 bridgehead atoms. The van der Waals surface area contributed by atoms with Gasteiger partial charge in [-0.15, -0.1) is 5.10 Å². The maximum absolute atomic E-state index is 13.1. The summed E-state index contributed by atoms with van der Waals surface area (Å²) in [5.74, 6) is 0.167. The van der Waals surface area contributed by atoms with Gasteiger partial charge >= 0.3 is 0 Å². The van der Waals surface area contributed by atoms with Crippen molar-refractivity contribution in [3.63, 3.8) is 0 Å². The number of tetrazole rings is 1. The molecule has 3 rings (SSSR count). The Hall–Kier alpha value is -3.55. The molecule has 0 saturated carbocycles. The van der Waals surface area contributed by atoms with E-state index in [1.54, 1.807) is 30.1 Å². The molecule has 8 nitrogen and oxygen atoms in total. The van der Waals surface area contributed by atoms with Gasteiger partial charge in [-0.2, -0.15) is 0 Å². The van der Waals surface area contributed by atoms with Crippen molar-refractivity contribution in [2.24, 2.45) is 0 Å². The second-order valence-corrected chi connectivity index (χ2v) is 6.33. The summed E-state index contributed by atoms with van der Waals surface area (Å²) in [5, 5.41) is 11.1. The molecule has 0 spiro atoms. The summed E-state index contributed by atoms with van der Waals surface area (Å²) in [6.07, 6.45) is 2.67. The zero-order valence-corrected chi connectivity index (χ0v) is 15.7. The predicted octanol–water partition coefficient (Wildman–Crippen LogP) is 2.12. The summed E-state index contributed by atoms with van der Waals surface area (Å²) in [5.41, 5.74) is 2.06. The molecule has 1 heterocycles. The van der Waals surface area contributed by atoms with Crippen molar-refractivity contribution in [1.29, 1.82) is 0 Å². The van der Waals surface area contributed by atoms with Crippen LogP contribution in [-0.4, -0.2) is 58.0 Å². The van der Waals surface area contributed by atoms with Crippen molar-refractivity contribution in [2.75, 3.05) is 20.7 Å². The average Bonchev–Trinajstić information content (AvgIpc) is 3.28. The van der Waals surface area contributed by atoms with Crippen molar-refractivity contribution in [3.8, 4) is 11.4 Å². The summed E-state index contributed by atoms with van der Waals surface area (Å²) in [6.45, 7) is 0.403. The molecule has 0 aliphatic carbocycles. The number of benzene rings is 2. The molecule has 144 valence electrons. The topological polar surface area (TPSA) is 90.2 Å². The second kappa shape index (κ2) is 8.90. The monoisotopic (exact) mass is 379 g/mol. The number of rotatable bonds is 8. The summed E-state index contributed by atoms with van der Waals surface area (Å²) in [6, 6.07) is 14.9. The van der Waals surface area contributed by atoms with Crippen molar-refractivity contribution in [3.05, 3.63) is 66.0 Å². The number of hydrogen-bond donors (Lipinski definition) is 0. The van der Waals surface area contributed by atoms with E-state index in [0.717, 1.165) is 11.8 Å². The number of amides is 1. The highest BCUT2D eigenvalue weighted by Crippen LogP contribution is 2.25. The predicted molar refractivity (Wildman–Crippen MR) is 103 cm³/mol. The maximum atomic E-state index is 13.1. The molecule has 0 saturated heterocycles. The molecule has 0 radical (unpaired) electrons. The van der Waals surface area contributed by atoms with Gasteiger partial charge in [0.05, 0.1) is 18.4 Å². The van der Waals surface area contributed by atoms with Crippen LogP contribution >= 0.6 is 0 Å². The van der Waals surface area contributed by atoms with Crippen molar-refractivity contribution in [2.45, 2.75) is 12.3 Å². The quantitative estimate of drug-likeness (QED) is 0.557. The molecule has 0 N–H and O–H groups in total. The van der Waals surface area contributed by atoms with Gasteiger partial charge in [0.2, 0.25) is 0 Å². The molecule has 0 aliphatic heterocycles. The molecule has 0 fully saturated rings. The van der Waals surface area contributed by atoms with Crippen molar-refractivity contribution >= 4 is 12.2 Å². The van der Waals surface area contributed by atoms with Crippen LogP contribution in [0, 0.1) is 0 Å². The molecule has 28 heavy (non-hydrogen) atoms. The number of methoxy groups -OCH3 is 1. The fourth-order valence-corrected chi connectivity index (χ4v) is 3.06. The van der Waals surface area contributed by atoms with Gasteiger partial charge in [0.1, 0.15) is 18.4 Å². The first kappa shape index (κ1) is 19.2. The lowest BCUT2D eigenvalue weighted by molar-refractivity contribution is -0.108. The van der Waals surface area contributed by atoms with Gasteiger partial charge in [0.25, 0.3) is 5.91 Å². The van der Waals surface area contributed by atoms with Gasteiger partial charge in [-0.25, -0.2) is 4.68 Å². The van der Waals surface area contributed by atoms with Crippen LogP contribution in [0.2, 0.25) is 0 Å². The molecule has 0 unspecified atom stereocenters. The summed E-state index contributed by atoms with van der Waals surface area (Å²) >= 11 is 0. The average molecular weight is 379 g/mol. The molecule has 0 aliphatic rings. The Labute approximate surface area is 162 Å². The molecular weight excluding hydrogens is 358 g/mol. The lowest BCUT2D eigenvalue weighted by Crippen LogP contribution is -2.31. The highest BCUT2D eigenvalue weighted by molar-refractivity contribution is 5.97. The van der Waals surface area contributed by atoms with Crippen LogP contribution in [0.4, 0.5) is 0 Å². The largest absolute Gasteiger partial charge is 0.496 e. The fraction of sp³-hybridized carbons (Fsp3) is 0.250. The fourth-order valence-electron chi connectivity index (χ4n) is 3.06. The minimum atomic E-state index is -0.210. The Morgan fingerprint density at radius 2 is 2.04 bits per heavy atom. The van der Waals surface area contributed by atoms with E-state index >= 15 is 0 Å². The first-order valence-electron chi connectivity index (χ1n) is 8.79. The van der Waals surface area contributed by atoms with Gasteiger partial charge in [-0.3, -0.25) is 4.79 Å². The Morgan fingerprint density at radius 3 is 2.68 bits per heavy atom. The minimum absolute atomic E-state index is 0.0821. The number of ether oxygens (including phenoxy) is 1. The molecule has 3 aromatic rings. The molecular formula is C20H21N5O3. The van der Waals surface area contributed by atoms with Gasteiger partial charge < -0.3 is 14.4 Å². The third-order valence-electron chi connectivity index (χ3n) is 4.52. The number of nitrogens with zero attached hydrogens (tertiary/aromatic N) is 5. The standard InChI is InChI=1S/C20H21N5O3/c1-24(13-16(10-11-26)15-6-4-3-5-7-15)20(27)18-12-17(8-9-19(18)28-2)25-14-21-22-23-25/h3-9,11-12,14,16H,10,13H2,1-2H3/t16-/m1/s1. The Kier molecular flexibility index (Phi) is 6.11. The lowest BCUT2D eigenvalue weighted by Gasteiger charge is -2.24. The Morgan fingerprint density at radius 1 is 1.25 bits per heavy atom. The maximum Gasteiger partial charge on any atom is 0.257 e. The smallest absolute Gasteiger partial charge is 0.257 e.